The Morgan fingerprint density at radius 3 is 2.00 bits per heavy atom. The Balaban J connectivity index is 3.63. The lowest BCUT2D eigenvalue weighted by Gasteiger charge is -2.16. The topological polar surface area (TPSA) is 19.9 Å². The molecule has 0 aliphatic carbocycles. The van der Waals surface area contributed by atoms with Crippen LogP contribution in [0.2, 0.25) is 0 Å². The molecule has 0 rings (SSSR count). The molecule has 0 N–H and O–H groups in total. The average molecular weight is 205 g/mol. The van der Waals surface area contributed by atoms with Crippen molar-refractivity contribution in [3.05, 3.63) is 0 Å². The third kappa shape index (κ3) is 5.60. The fraction of sp³-hybridized carbons (Fsp3) is 1.00. The number of alkyl halides is 3. The summed E-state index contributed by atoms with van der Waals surface area (Å²) in [7, 11) is 0. The maximum atomic E-state index is 10.4. The monoisotopic (exact) mass is 203 g/mol. The Labute approximate surface area is 76.3 Å². The van der Waals surface area contributed by atoms with Gasteiger partial charge in [-0.3, -0.25) is 0 Å². The summed E-state index contributed by atoms with van der Waals surface area (Å²) in [4.78, 5) is 0. The molecule has 1 unspecified atom stereocenters. The van der Waals surface area contributed by atoms with E-state index in [1.807, 2.05) is 6.92 Å². The van der Waals surface area contributed by atoms with Gasteiger partial charge in [-0.2, -0.15) is 0 Å². The van der Waals surface area contributed by atoms with E-state index in [-0.39, 0.29) is 12.5 Å². The normalized spacial score (nSPS) is 15.3. The number of rotatable bonds is 3. The highest BCUT2D eigenvalue weighted by Gasteiger charge is 2.24. The molecule has 61 valence electrons. The van der Waals surface area contributed by atoms with E-state index in [4.69, 9.17) is 34.8 Å². The van der Waals surface area contributed by atoms with Gasteiger partial charge in [-0.05, 0) is 12.3 Å². The first-order valence-corrected chi connectivity index (χ1v) is 4.27. The zero-order valence-corrected chi connectivity index (χ0v) is 8.01. The molecule has 0 bridgehead atoms. The standard InChI is InChI=1S/C6H10Cl3O/c1-2-5(4-10)3-6(7,8)9/h5H,2-4H2,1H3. The van der Waals surface area contributed by atoms with E-state index in [0.717, 1.165) is 6.42 Å². The summed E-state index contributed by atoms with van der Waals surface area (Å²) in [5.41, 5.74) is 0. The first-order valence-electron chi connectivity index (χ1n) is 3.14. The molecule has 4 heteroatoms. The number of hydrogen-bond acceptors (Lipinski definition) is 0. The highest BCUT2D eigenvalue weighted by atomic mass is 35.6. The molecule has 0 amide bonds. The van der Waals surface area contributed by atoms with Crippen molar-refractivity contribution < 1.29 is 5.11 Å². The van der Waals surface area contributed by atoms with Crippen LogP contribution in [-0.2, 0) is 5.11 Å². The van der Waals surface area contributed by atoms with E-state index in [9.17, 15) is 5.11 Å². The molecular weight excluding hydrogens is 194 g/mol. The zero-order valence-electron chi connectivity index (χ0n) is 5.74. The van der Waals surface area contributed by atoms with Crippen molar-refractivity contribution in [3.8, 4) is 0 Å². The lowest BCUT2D eigenvalue weighted by molar-refractivity contribution is 0.137. The van der Waals surface area contributed by atoms with E-state index >= 15 is 0 Å². The first-order chi connectivity index (χ1) is 4.49. The van der Waals surface area contributed by atoms with E-state index in [1.54, 1.807) is 0 Å². The molecule has 0 fully saturated rings. The van der Waals surface area contributed by atoms with Crippen molar-refractivity contribution in [1.82, 2.24) is 0 Å². The van der Waals surface area contributed by atoms with Gasteiger partial charge >= 0.3 is 0 Å². The van der Waals surface area contributed by atoms with Gasteiger partial charge in [0.25, 0.3) is 0 Å². The minimum Gasteiger partial charge on any atom is -0.236 e. The minimum absolute atomic E-state index is 0.00694. The van der Waals surface area contributed by atoms with Crippen LogP contribution in [0.3, 0.4) is 0 Å². The van der Waals surface area contributed by atoms with Gasteiger partial charge in [0.05, 0.1) is 6.61 Å². The largest absolute Gasteiger partial charge is 0.236 e. The second-order valence-electron chi connectivity index (χ2n) is 2.26. The van der Waals surface area contributed by atoms with Crippen LogP contribution in [0, 0.1) is 5.92 Å². The van der Waals surface area contributed by atoms with Crippen LogP contribution >= 0.6 is 34.8 Å². The molecule has 0 heterocycles. The van der Waals surface area contributed by atoms with Gasteiger partial charge in [-0.1, -0.05) is 48.1 Å². The minimum atomic E-state index is -1.26. The highest BCUT2D eigenvalue weighted by molar-refractivity contribution is 6.67. The Hall–Kier alpha value is 0.830. The van der Waals surface area contributed by atoms with Crippen molar-refractivity contribution in [1.29, 1.82) is 0 Å². The predicted molar refractivity (Wildman–Crippen MR) is 44.2 cm³/mol. The van der Waals surface area contributed by atoms with Crippen LogP contribution in [0.25, 0.3) is 0 Å². The van der Waals surface area contributed by atoms with Gasteiger partial charge in [0.2, 0.25) is 0 Å². The van der Waals surface area contributed by atoms with Crippen molar-refractivity contribution in [3.63, 3.8) is 0 Å². The maximum absolute atomic E-state index is 10.4. The van der Waals surface area contributed by atoms with Crippen molar-refractivity contribution in [2.24, 2.45) is 5.92 Å². The summed E-state index contributed by atoms with van der Waals surface area (Å²) >= 11 is 16.4. The summed E-state index contributed by atoms with van der Waals surface area (Å²) in [6.45, 7) is 1.75. The second-order valence-corrected chi connectivity index (χ2v) is 4.78. The lowest BCUT2D eigenvalue weighted by Crippen LogP contribution is -2.13. The summed E-state index contributed by atoms with van der Waals surface area (Å²) < 4.78 is -1.26. The van der Waals surface area contributed by atoms with Crippen molar-refractivity contribution in [2.45, 2.75) is 23.6 Å². The van der Waals surface area contributed by atoms with Gasteiger partial charge < -0.3 is 0 Å². The molecule has 1 radical (unpaired) electrons. The Morgan fingerprint density at radius 2 is 1.90 bits per heavy atom. The SMILES string of the molecule is CCC(C[O])CC(Cl)(Cl)Cl. The third-order valence-electron chi connectivity index (χ3n) is 1.33. The lowest BCUT2D eigenvalue weighted by atomic mass is 10.1. The molecule has 0 aromatic carbocycles. The summed E-state index contributed by atoms with van der Waals surface area (Å²) in [6, 6.07) is 0. The van der Waals surface area contributed by atoms with Crippen LogP contribution in [0.15, 0.2) is 0 Å². The molecule has 0 aromatic heterocycles. The van der Waals surface area contributed by atoms with Crippen LogP contribution < -0.4 is 0 Å². The van der Waals surface area contributed by atoms with E-state index in [1.165, 1.54) is 0 Å². The molecule has 0 aliphatic heterocycles. The van der Waals surface area contributed by atoms with Crippen molar-refractivity contribution >= 4 is 34.8 Å². The number of halogens is 3. The van der Waals surface area contributed by atoms with Gasteiger partial charge in [-0.15, -0.1) is 0 Å². The molecule has 0 aliphatic rings. The van der Waals surface area contributed by atoms with Gasteiger partial charge in [0.1, 0.15) is 0 Å². The zero-order chi connectivity index (χ0) is 8.20. The Bertz CT molecular complexity index is 85.5. The number of hydrogen-bond donors (Lipinski definition) is 0. The fourth-order valence-electron chi connectivity index (χ4n) is 0.648. The molecule has 1 nitrogen and oxygen atoms in total. The molecule has 0 saturated carbocycles. The third-order valence-corrected chi connectivity index (χ3v) is 1.80. The van der Waals surface area contributed by atoms with Crippen molar-refractivity contribution in [2.75, 3.05) is 6.61 Å². The average Bonchev–Trinajstić information content (AvgIpc) is 1.81. The quantitative estimate of drug-likeness (QED) is 0.629. The van der Waals surface area contributed by atoms with Gasteiger partial charge in [0.15, 0.2) is 3.79 Å². The molecule has 0 aromatic rings. The summed E-state index contributed by atoms with van der Waals surface area (Å²) in [6.07, 6.45) is 1.13. The second kappa shape index (κ2) is 4.66. The highest BCUT2D eigenvalue weighted by Crippen LogP contribution is 2.34. The maximum Gasteiger partial charge on any atom is 0.190 e. The first kappa shape index (κ1) is 10.8. The van der Waals surface area contributed by atoms with Gasteiger partial charge in [-0.25, -0.2) is 5.11 Å². The Kier molecular flexibility index (Phi) is 5.04. The summed E-state index contributed by atoms with van der Waals surface area (Å²) in [5.74, 6) is -0.00694. The predicted octanol–water partition coefficient (Wildman–Crippen LogP) is 3.20. The molecular formula is C6H10Cl3O. The Morgan fingerprint density at radius 1 is 1.40 bits per heavy atom. The molecule has 10 heavy (non-hydrogen) atoms. The summed E-state index contributed by atoms with van der Waals surface area (Å²) in [5, 5.41) is 10.4. The van der Waals surface area contributed by atoms with Crippen LogP contribution in [0.5, 0.6) is 0 Å². The molecule has 0 spiro atoms. The van der Waals surface area contributed by atoms with E-state index < -0.39 is 3.79 Å². The van der Waals surface area contributed by atoms with E-state index in [2.05, 4.69) is 0 Å². The molecule has 0 saturated heterocycles. The van der Waals surface area contributed by atoms with Crippen LogP contribution in [0.4, 0.5) is 0 Å². The van der Waals surface area contributed by atoms with Crippen LogP contribution in [-0.4, -0.2) is 10.4 Å². The van der Waals surface area contributed by atoms with E-state index in [0.29, 0.717) is 6.42 Å². The smallest absolute Gasteiger partial charge is 0.190 e. The van der Waals surface area contributed by atoms with Crippen LogP contribution in [0.1, 0.15) is 19.8 Å². The molecule has 1 atom stereocenters. The van der Waals surface area contributed by atoms with Gasteiger partial charge in [0, 0.05) is 0 Å². The fourth-order valence-corrected chi connectivity index (χ4v) is 1.30.